The third kappa shape index (κ3) is 6.78. The van der Waals surface area contributed by atoms with Crippen LogP contribution in [0.5, 0.6) is 5.75 Å². The lowest BCUT2D eigenvalue weighted by molar-refractivity contribution is -0.111. The van der Waals surface area contributed by atoms with Crippen molar-refractivity contribution in [3.8, 4) is 5.75 Å². The molecule has 1 heterocycles. The zero-order valence-corrected chi connectivity index (χ0v) is 19.5. The van der Waals surface area contributed by atoms with E-state index in [1.165, 1.54) is 6.08 Å². The molecule has 0 saturated carbocycles. The minimum atomic E-state index is -0.284. The Hall–Kier alpha value is -3.45. The molecule has 0 aliphatic heterocycles. The zero-order valence-electron chi connectivity index (χ0n) is 18.6. The molecule has 2 N–H and O–H groups in total. The molecule has 0 aliphatic rings. The van der Waals surface area contributed by atoms with Gasteiger partial charge in [0.25, 0.3) is 5.91 Å². The number of anilines is 1. The molecule has 7 heteroatoms. The van der Waals surface area contributed by atoms with Gasteiger partial charge in [0.1, 0.15) is 12.4 Å². The fourth-order valence-electron chi connectivity index (χ4n) is 2.98. The summed E-state index contributed by atoms with van der Waals surface area (Å²) in [6.07, 6.45) is 3.17. The van der Waals surface area contributed by atoms with Crippen LogP contribution in [-0.4, -0.2) is 22.8 Å². The maximum absolute atomic E-state index is 12.4. The largest absolute Gasteiger partial charge is 0.487 e. The second-order valence-corrected chi connectivity index (χ2v) is 8.76. The summed E-state index contributed by atoms with van der Waals surface area (Å²) in [5.41, 5.74) is 3.69. The van der Waals surface area contributed by atoms with Crippen LogP contribution in [0.1, 0.15) is 46.0 Å². The first-order valence-electron chi connectivity index (χ1n) is 10.3. The van der Waals surface area contributed by atoms with Crippen molar-refractivity contribution >= 4 is 34.9 Å². The molecule has 2 aromatic carbocycles. The maximum Gasteiger partial charge on any atom is 0.251 e. The molecule has 32 heavy (non-hydrogen) atoms. The lowest BCUT2D eigenvalue weighted by atomic mass is 10.1. The fourth-order valence-corrected chi connectivity index (χ4v) is 3.58. The number of aryl methyl sites for hydroxylation is 2. The third-order valence-corrected chi connectivity index (χ3v) is 5.33. The highest BCUT2D eigenvalue weighted by atomic mass is 32.1. The van der Waals surface area contributed by atoms with Gasteiger partial charge in [-0.05, 0) is 69.2 Å². The first kappa shape index (κ1) is 23.2. The quantitative estimate of drug-likeness (QED) is 0.467. The van der Waals surface area contributed by atoms with Crippen LogP contribution in [-0.2, 0) is 11.4 Å². The van der Waals surface area contributed by atoms with Gasteiger partial charge in [-0.1, -0.05) is 18.2 Å². The van der Waals surface area contributed by atoms with E-state index in [1.807, 2.05) is 63.4 Å². The molecule has 0 fully saturated rings. The number of amides is 2. The molecule has 3 aromatic rings. The van der Waals surface area contributed by atoms with E-state index in [9.17, 15) is 9.59 Å². The van der Waals surface area contributed by atoms with E-state index in [0.29, 0.717) is 23.6 Å². The zero-order chi connectivity index (χ0) is 23.1. The summed E-state index contributed by atoms with van der Waals surface area (Å²) >= 11 is 1.59. The molecule has 0 aliphatic carbocycles. The van der Waals surface area contributed by atoms with Gasteiger partial charge in [-0.3, -0.25) is 9.59 Å². The number of ether oxygens (including phenoxy) is 1. The van der Waals surface area contributed by atoms with Crippen LogP contribution in [0.4, 0.5) is 5.69 Å². The molecule has 1 aromatic heterocycles. The number of carbonyl (C=O) groups is 2. The second-order valence-electron chi connectivity index (χ2n) is 7.70. The minimum Gasteiger partial charge on any atom is -0.487 e. The Balaban J connectivity index is 1.61. The van der Waals surface area contributed by atoms with Gasteiger partial charge in [0.2, 0.25) is 5.91 Å². The number of carbonyl (C=O) groups excluding carboxylic acids is 2. The van der Waals surface area contributed by atoms with Gasteiger partial charge in [-0.2, -0.15) is 0 Å². The Bertz CT molecular complexity index is 1130. The second kappa shape index (κ2) is 10.7. The van der Waals surface area contributed by atoms with Gasteiger partial charge >= 0.3 is 0 Å². The van der Waals surface area contributed by atoms with E-state index in [2.05, 4.69) is 15.6 Å². The first-order chi connectivity index (χ1) is 15.3. The molecular weight excluding hydrogens is 422 g/mol. The number of hydrogen-bond donors (Lipinski definition) is 2. The number of rotatable bonds is 8. The van der Waals surface area contributed by atoms with Crippen LogP contribution in [0.25, 0.3) is 6.08 Å². The Morgan fingerprint density at radius 2 is 1.97 bits per heavy atom. The summed E-state index contributed by atoms with van der Waals surface area (Å²) in [7, 11) is 0. The molecular formula is C25H27N3O3S. The number of hydrogen-bond acceptors (Lipinski definition) is 5. The third-order valence-electron chi connectivity index (χ3n) is 4.51. The predicted octanol–water partition coefficient (Wildman–Crippen LogP) is 5.13. The Morgan fingerprint density at radius 3 is 2.69 bits per heavy atom. The normalized spacial score (nSPS) is 11.0. The van der Waals surface area contributed by atoms with Crippen LogP contribution < -0.4 is 15.4 Å². The van der Waals surface area contributed by atoms with Gasteiger partial charge in [0, 0.05) is 28.7 Å². The number of benzene rings is 2. The number of nitrogens with zero attached hydrogens (tertiary/aromatic N) is 1. The lowest BCUT2D eigenvalue weighted by Crippen LogP contribution is -2.30. The van der Waals surface area contributed by atoms with Gasteiger partial charge < -0.3 is 15.4 Å². The highest BCUT2D eigenvalue weighted by Crippen LogP contribution is 2.18. The van der Waals surface area contributed by atoms with Gasteiger partial charge in [-0.25, -0.2) is 4.98 Å². The van der Waals surface area contributed by atoms with E-state index < -0.39 is 0 Å². The maximum atomic E-state index is 12.4. The molecule has 0 bridgehead atoms. The summed E-state index contributed by atoms with van der Waals surface area (Å²) in [6, 6.07) is 12.8. The molecule has 0 unspecified atom stereocenters. The Labute approximate surface area is 192 Å². The number of aromatic nitrogens is 1. The standard InChI is InChI=1S/C25H27N3O3S/c1-16(2)26-25(30)23-13-20(10-8-17(23)3)28-24(29)11-9-19-6-5-7-22(12-19)31-14-21-15-32-18(4)27-21/h5-13,15-16H,14H2,1-4H3,(H,26,30)(H,28,29). The smallest absolute Gasteiger partial charge is 0.251 e. The van der Waals surface area contributed by atoms with Gasteiger partial charge in [-0.15, -0.1) is 11.3 Å². The van der Waals surface area contributed by atoms with Crippen molar-refractivity contribution in [2.75, 3.05) is 5.32 Å². The first-order valence-corrected chi connectivity index (χ1v) is 11.2. The molecule has 0 radical (unpaired) electrons. The van der Waals surface area contributed by atoms with Gasteiger partial charge in [0.15, 0.2) is 0 Å². The Kier molecular flexibility index (Phi) is 7.78. The van der Waals surface area contributed by atoms with Crippen LogP contribution in [0, 0.1) is 13.8 Å². The van der Waals surface area contributed by atoms with Crippen LogP contribution in [0.2, 0.25) is 0 Å². The van der Waals surface area contributed by atoms with Crippen LogP contribution in [0.15, 0.2) is 53.9 Å². The molecule has 166 valence electrons. The molecule has 6 nitrogen and oxygen atoms in total. The van der Waals surface area contributed by atoms with Crippen LogP contribution in [0.3, 0.4) is 0 Å². The van der Waals surface area contributed by atoms with Crippen molar-refractivity contribution in [1.82, 2.24) is 10.3 Å². The molecule has 2 amide bonds. The Morgan fingerprint density at radius 1 is 1.16 bits per heavy atom. The lowest BCUT2D eigenvalue weighted by Gasteiger charge is -2.12. The molecule has 3 rings (SSSR count). The summed E-state index contributed by atoms with van der Waals surface area (Å²) in [6.45, 7) is 8.04. The molecule has 0 spiro atoms. The van der Waals surface area contributed by atoms with Crippen molar-refractivity contribution in [2.24, 2.45) is 0 Å². The molecule has 0 saturated heterocycles. The summed E-state index contributed by atoms with van der Waals surface area (Å²) < 4.78 is 5.79. The van der Waals surface area contributed by atoms with Crippen molar-refractivity contribution in [2.45, 2.75) is 40.3 Å². The fraction of sp³-hybridized carbons (Fsp3) is 0.240. The highest BCUT2D eigenvalue weighted by molar-refractivity contribution is 7.09. The van der Waals surface area contributed by atoms with E-state index in [-0.39, 0.29) is 17.9 Å². The number of thiazole rings is 1. The summed E-state index contributed by atoms with van der Waals surface area (Å²) in [5.74, 6) is 0.264. The van der Waals surface area contributed by atoms with E-state index in [0.717, 1.165) is 21.8 Å². The predicted molar refractivity (Wildman–Crippen MR) is 129 cm³/mol. The van der Waals surface area contributed by atoms with Crippen LogP contribution >= 0.6 is 11.3 Å². The highest BCUT2D eigenvalue weighted by Gasteiger charge is 2.11. The topological polar surface area (TPSA) is 80.3 Å². The average Bonchev–Trinajstić information content (AvgIpc) is 3.17. The minimum absolute atomic E-state index is 0.0356. The number of nitrogens with one attached hydrogen (secondary N) is 2. The summed E-state index contributed by atoms with van der Waals surface area (Å²) in [4.78, 5) is 29.1. The van der Waals surface area contributed by atoms with E-state index >= 15 is 0 Å². The van der Waals surface area contributed by atoms with Crippen molar-refractivity contribution in [1.29, 1.82) is 0 Å². The van der Waals surface area contributed by atoms with Crippen molar-refractivity contribution in [3.05, 3.63) is 81.3 Å². The SMILES string of the molecule is Cc1nc(COc2cccc(C=CC(=O)Nc3ccc(C)c(C(=O)NC(C)C)c3)c2)cs1. The average molecular weight is 450 g/mol. The van der Waals surface area contributed by atoms with Crippen molar-refractivity contribution in [3.63, 3.8) is 0 Å². The molecule has 0 atom stereocenters. The van der Waals surface area contributed by atoms with Gasteiger partial charge in [0.05, 0.1) is 10.7 Å². The van der Waals surface area contributed by atoms with E-state index in [1.54, 1.807) is 29.5 Å². The van der Waals surface area contributed by atoms with E-state index in [4.69, 9.17) is 4.74 Å². The summed E-state index contributed by atoms with van der Waals surface area (Å²) in [5, 5.41) is 8.67. The monoisotopic (exact) mass is 449 g/mol. The van der Waals surface area contributed by atoms with Crippen molar-refractivity contribution < 1.29 is 14.3 Å².